The molecular formula is C14H18N2O5. The maximum atomic E-state index is 12.5. The van der Waals surface area contributed by atoms with Crippen LogP contribution in [0.4, 0.5) is 0 Å². The molecule has 0 unspecified atom stereocenters. The first-order valence-corrected chi connectivity index (χ1v) is 6.91. The van der Waals surface area contributed by atoms with Gasteiger partial charge in [0, 0.05) is 25.4 Å². The van der Waals surface area contributed by atoms with Gasteiger partial charge in [-0.3, -0.25) is 9.59 Å². The van der Waals surface area contributed by atoms with Crippen molar-refractivity contribution in [1.82, 2.24) is 9.47 Å². The maximum Gasteiger partial charge on any atom is 0.276 e. The van der Waals surface area contributed by atoms with Crippen LogP contribution in [0.5, 0.6) is 5.75 Å². The van der Waals surface area contributed by atoms with E-state index in [1.165, 1.54) is 0 Å². The molecule has 0 spiro atoms. The van der Waals surface area contributed by atoms with Crippen molar-refractivity contribution in [2.24, 2.45) is 0 Å². The van der Waals surface area contributed by atoms with Gasteiger partial charge in [0.2, 0.25) is 5.43 Å². The van der Waals surface area contributed by atoms with E-state index >= 15 is 0 Å². The Hall–Kier alpha value is -1.86. The van der Waals surface area contributed by atoms with E-state index < -0.39 is 11.2 Å². The summed E-state index contributed by atoms with van der Waals surface area (Å²) in [5.74, 6) is -0.839. The van der Waals surface area contributed by atoms with Crippen molar-refractivity contribution in [2.45, 2.75) is 32.2 Å². The predicted octanol–water partition coefficient (Wildman–Crippen LogP) is 0.0795. The Kier molecular flexibility index (Phi) is 3.46. The molecule has 0 bridgehead atoms. The number of ether oxygens (including phenoxy) is 2. The van der Waals surface area contributed by atoms with E-state index in [4.69, 9.17) is 9.47 Å². The van der Waals surface area contributed by atoms with Gasteiger partial charge in [0.15, 0.2) is 17.7 Å². The van der Waals surface area contributed by atoms with Gasteiger partial charge in [-0.1, -0.05) is 0 Å². The monoisotopic (exact) mass is 294 g/mol. The highest BCUT2D eigenvalue weighted by molar-refractivity contribution is 5.96. The molecule has 2 atom stereocenters. The lowest BCUT2D eigenvalue weighted by molar-refractivity contribution is -0.149. The number of methoxy groups -OCH3 is 1. The molecular weight excluding hydrogens is 276 g/mol. The molecule has 3 heterocycles. The van der Waals surface area contributed by atoms with Gasteiger partial charge in [-0.05, 0) is 13.3 Å². The first kappa shape index (κ1) is 14.1. The summed E-state index contributed by atoms with van der Waals surface area (Å²) in [5, 5.41) is 9.98. The number of fused-ring (bicyclic) bond motifs is 2. The zero-order valence-corrected chi connectivity index (χ0v) is 12.0. The molecule has 0 radical (unpaired) electrons. The van der Waals surface area contributed by atoms with Crippen molar-refractivity contribution >= 4 is 5.91 Å². The van der Waals surface area contributed by atoms with E-state index in [1.54, 1.807) is 29.7 Å². The van der Waals surface area contributed by atoms with Crippen LogP contribution in [0.1, 0.15) is 22.5 Å². The van der Waals surface area contributed by atoms with E-state index in [1.807, 2.05) is 0 Å². The first-order valence-electron chi connectivity index (χ1n) is 6.91. The SMILES string of the molecule is COC[C@@H]1CCN2C(=O)c3c(O)c(=O)c(C)cn3C[C@@H]2O1. The molecule has 2 aliphatic rings. The fraction of sp³-hybridized carbons (Fsp3) is 0.571. The van der Waals surface area contributed by atoms with Crippen molar-refractivity contribution in [1.29, 1.82) is 0 Å². The number of pyridine rings is 1. The second kappa shape index (κ2) is 5.16. The van der Waals surface area contributed by atoms with E-state index in [0.717, 1.165) is 0 Å². The number of carbonyl (C=O) groups is 1. The van der Waals surface area contributed by atoms with Crippen molar-refractivity contribution in [3.63, 3.8) is 0 Å². The largest absolute Gasteiger partial charge is 0.503 e. The molecule has 21 heavy (non-hydrogen) atoms. The number of amides is 1. The summed E-state index contributed by atoms with van der Waals surface area (Å²) in [4.78, 5) is 25.9. The van der Waals surface area contributed by atoms with Crippen molar-refractivity contribution < 1.29 is 19.4 Å². The second-order valence-electron chi connectivity index (χ2n) is 5.45. The Balaban J connectivity index is 1.97. The van der Waals surface area contributed by atoms with Crippen LogP contribution in [0, 0.1) is 6.92 Å². The predicted molar refractivity (Wildman–Crippen MR) is 73.3 cm³/mol. The van der Waals surface area contributed by atoms with Crippen LogP contribution in [-0.2, 0) is 16.0 Å². The zero-order valence-electron chi connectivity index (χ0n) is 12.0. The summed E-state index contributed by atoms with van der Waals surface area (Å²) in [5.41, 5.74) is -0.0411. The summed E-state index contributed by atoms with van der Waals surface area (Å²) in [6, 6.07) is 0. The molecule has 0 aliphatic carbocycles. The standard InChI is InChI=1S/C14H18N2O5/c1-8-5-15-6-10-16(4-3-9(21-10)7-20-2)14(19)11(15)13(18)12(8)17/h5,9-10,18H,3-4,6-7H2,1-2H3/t9-,10-/m0/s1. The number of hydrogen-bond donors (Lipinski definition) is 1. The smallest absolute Gasteiger partial charge is 0.276 e. The summed E-state index contributed by atoms with van der Waals surface area (Å²) < 4.78 is 12.6. The van der Waals surface area contributed by atoms with Crippen LogP contribution in [0.2, 0.25) is 0 Å². The molecule has 114 valence electrons. The quantitative estimate of drug-likeness (QED) is 0.835. The highest BCUT2D eigenvalue weighted by Crippen LogP contribution is 2.28. The van der Waals surface area contributed by atoms with E-state index in [0.29, 0.717) is 31.7 Å². The molecule has 1 fully saturated rings. The Bertz CT molecular complexity index is 639. The summed E-state index contributed by atoms with van der Waals surface area (Å²) >= 11 is 0. The third-order valence-electron chi connectivity index (χ3n) is 3.99. The van der Waals surface area contributed by atoms with Gasteiger partial charge in [0.05, 0.1) is 19.3 Å². The molecule has 1 aromatic heterocycles. The van der Waals surface area contributed by atoms with Crippen LogP contribution < -0.4 is 5.43 Å². The maximum absolute atomic E-state index is 12.5. The Labute approximate surface area is 121 Å². The molecule has 2 aliphatic heterocycles. The first-order chi connectivity index (χ1) is 10.0. The van der Waals surface area contributed by atoms with E-state index in [-0.39, 0.29) is 23.9 Å². The van der Waals surface area contributed by atoms with Gasteiger partial charge >= 0.3 is 0 Å². The summed E-state index contributed by atoms with van der Waals surface area (Å²) in [6.45, 7) is 3.02. The molecule has 1 N–H and O–H groups in total. The summed E-state index contributed by atoms with van der Waals surface area (Å²) in [6.07, 6.45) is 1.84. The molecule has 7 heteroatoms. The van der Waals surface area contributed by atoms with E-state index in [9.17, 15) is 14.7 Å². The van der Waals surface area contributed by atoms with Gasteiger partial charge in [-0.2, -0.15) is 0 Å². The number of carbonyl (C=O) groups excluding carboxylic acids is 1. The molecule has 3 rings (SSSR count). The Morgan fingerprint density at radius 1 is 1.48 bits per heavy atom. The number of aromatic nitrogens is 1. The Morgan fingerprint density at radius 2 is 2.24 bits per heavy atom. The van der Waals surface area contributed by atoms with Gasteiger partial charge in [-0.15, -0.1) is 0 Å². The molecule has 0 saturated carbocycles. The van der Waals surface area contributed by atoms with Crippen LogP contribution in [0.15, 0.2) is 11.0 Å². The fourth-order valence-electron chi connectivity index (χ4n) is 2.93. The lowest BCUT2D eigenvalue weighted by Gasteiger charge is -2.43. The van der Waals surface area contributed by atoms with Crippen molar-refractivity contribution in [2.75, 3.05) is 20.3 Å². The van der Waals surface area contributed by atoms with Gasteiger partial charge in [0.1, 0.15) is 0 Å². The molecule has 1 amide bonds. The lowest BCUT2D eigenvalue weighted by Crippen LogP contribution is -2.55. The minimum absolute atomic E-state index is 0.0420. The van der Waals surface area contributed by atoms with Gasteiger partial charge in [-0.25, -0.2) is 0 Å². The highest BCUT2D eigenvalue weighted by atomic mass is 16.5. The third kappa shape index (κ3) is 2.22. The normalized spacial score (nSPS) is 24.7. The average molecular weight is 294 g/mol. The van der Waals surface area contributed by atoms with Crippen molar-refractivity contribution in [3.05, 3.63) is 27.7 Å². The molecule has 1 saturated heterocycles. The van der Waals surface area contributed by atoms with E-state index in [2.05, 4.69) is 0 Å². The average Bonchev–Trinajstić information content (AvgIpc) is 2.45. The van der Waals surface area contributed by atoms with Gasteiger partial charge < -0.3 is 24.0 Å². The molecule has 7 nitrogen and oxygen atoms in total. The molecule has 1 aromatic rings. The van der Waals surface area contributed by atoms with Gasteiger partial charge in [0.25, 0.3) is 5.91 Å². The van der Waals surface area contributed by atoms with Crippen LogP contribution >= 0.6 is 0 Å². The minimum Gasteiger partial charge on any atom is -0.503 e. The number of nitrogens with zero attached hydrogens (tertiary/aromatic N) is 2. The number of aryl methyl sites for hydroxylation is 1. The number of hydrogen-bond acceptors (Lipinski definition) is 5. The number of rotatable bonds is 2. The second-order valence-corrected chi connectivity index (χ2v) is 5.45. The Morgan fingerprint density at radius 3 is 2.95 bits per heavy atom. The summed E-state index contributed by atoms with van der Waals surface area (Å²) in [7, 11) is 1.61. The third-order valence-corrected chi connectivity index (χ3v) is 3.99. The van der Waals surface area contributed by atoms with Crippen molar-refractivity contribution in [3.8, 4) is 5.75 Å². The zero-order chi connectivity index (χ0) is 15.1. The fourth-order valence-corrected chi connectivity index (χ4v) is 2.93. The minimum atomic E-state index is -0.497. The number of aromatic hydroxyl groups is 1. The lowest BCUT2D eigenvalue weighted by atomic mass is 10.1. The highest BCUT2D eigenvalue weighted by Gasteiger charge is 2.39. The molecule has 0 aromatic carbocycles. The van der Waals surface area contributed by atoms with Crippen LogP contribution in [0.3, 0.4) is 0 Å². The van der Waals surface area contributed by atoms with Crippen LogP contribution in [0.25, 0.3) is 0 Å². The topological polar surface area (TPSA) is 81.0 Å². The van der Waals surface area contributed by atoms with Crippen LogP contribution in [-0.4, -0.2) is 53.1 Å².